The van der Waals surface area contributed by atoms with Gasteiger partial charge >= 0.3 is 0 Å². The molecule has 180 valence electrons. The van der Waals surface area contributed by atoms with Crippen LogP contribution >= 0.6 is 0 Å². The Bertz CT molecular complexity index is 979. The Balaban J connectivity index is 2.67. The van der Waals surface area contributed by atoms with Crippen molar-refractivity contribution in [3.63, 3.8) is 0 Å². The number of carbonyl (C=O) groups excluding carboxylic acids is 2. The summed E-state index contributed by atoms with van der Waals surface area (Å²) in [7, 11) is 0. The smallest absolute Gasteiger partial charge is 0.266 e. The van der Waals surface area contributed by atoms with Gasteiger partial charge in [-0.15, -0.1) is 0 Å². The van der Waals surface area contributed by atoms with E-state index >= 15 is 0 Å². The Morgan fingerprint density at radius 3 is 1.12 bits per heavy atom. The van der Waals surface area contributed by atoms with Crippen molar-refractivity contribution in [3.8, 4) is 0 Å². The monoisotopic (exact) mass is 489 g/mol. The van der Waals surface area contributed by atoms with E-state index in [0.29, 0.717) is 12.8 Å². The van der Waals surface area contributed by atoms with Crippen LogP contribution in [0.15, 0.2) is 0 Å². The van der Waals surface area contributed by atoms with Crippen molar-refractivity contribution in [2.24, 2.45) is 0 Å². The third-order valence-electron chi connectivity index (χ3n) is 4.57. The van der Waals surface area contributed by atoms with Crippen LogP contribution in [0.5, 0.6) is 0 Å². The number of hydrogen-bond acceptors (Lipinski definition) is 2. The first-order chi connectivity index (χ1) is 15.4. The lowest BCUT2D eigenvalue weighted by Gasteiger charge is -2.22. The first-order valence-electron chi connectivity index (χ1n) is 9.27. The summed E-state index contributed by atoms with van der Waals surface area (Å²) in [5.74, 6) is -30.5. The minimum absolute atomic E-state index is 0.184. The summed E-state index contributed by atoms with van der Waals surface area (Å²) in [5.41, 5.74) is -4.28. The van der Waals surface area contributed by atoms with Crippen LogP contribution in [0, 0.1) is 58.2 Å². The molecule has 0 bridgehead atoms. The Morgan fingerprint density at radius 2 is 0.818 bits per heavy atom. The summed E-state index contributed by atoms with van der Waals surface area (Å²) in [5, 5.41) is 0. The second kappa shape index (κ2) is 10.2. The topological polar surface area (TPSA) is 37.4 Å². The van der Waals surface area contributed by atoms with Gasteiger partial charge in [0.25, 0.3) is 11.8 Å². The van der Waals surface area contributed by atoms with E-state index in [1.807, 2.05) is 0 Å². The summed E-state index contributed by atoms with van der Waals surface area (Å²) in [6.07, 6.45) is 1.11. The predicted octanol–water partition coefficient (Wildman–Crippen LogP) is 5.94. The van der Waals surface area contributed by atoms with E-state index in [-0.39, 0.29) is 17.7 Å². The van der Waals surface area contributed by atoms with E-state index in [1.54, 1.807) is 6.92 Å². The van der Waals surface area contributed by atoms with E-state index in [9.17, 15) is 53.5 Å². The summed E-state index contributed by atoms with van der Waals surface area (Å²) >= 11 is 0. The molecule has 0 atom stereocenters. The van der Waals surface area contributed by atoms with Gasteiger partial charge in [-0.05, 0) is 6.42 Å². The Hall–Kier alpha value is -3.12. The van der Waals surface area contributed by atoms with Crippen LogP contribution < -0.4 is 0 Å². The number of benzene rings is 2. The first-order valence-corrected chi connectivity index (χ1v) is 9.27. The van der Waals surface area contributed by atoms with Gasteiger partial charge in [0, 0.05) is 6.54 Å². The average Bonchev–Trinajstić information content (AvgIpc) is 2.78. The largest absolute Gasteiger partial charge is 0.274 e. The summed E-state index contributed by atoms with van der Waals surface area (Å²) in [4.78, 5) is 24.9. The molecule has 0 N–H and O–H groups in total. The van der Waals surface area contributed by atoms with Gasteiger partial charge in [-0.1, -0.05) is 26.2 Å². The normalized spacial score (nSPS) is 11.1. The minimum atomic E-state index is -2.63. The van der Waals surface area contributed by atoms with Gasteiger partial charge in [0.1, 0.15) is 11.1 Å². The number of carbonyl (C=O) groups is 2. The summed E-state index contributed by atoms with van der Waals surface area (Å²) < 4.78 is 137. The Kier molecular flexibility index (Phi) is 8.09. The number of amides is 2. The molecule has 3 nitrogen and oxygen atoms in total. The van der Waals surface area contributed by atoms with E-state index in [2.05, 4.69) is 0 Å². The van der Waals surface area contributed by atoms with Crippen molar-refractivity contribution in [1.82, 2.24) is 4.90 Å². The molecule has 0 aliphatic rings. The molecule has 0 aliphatic heterocycles. The molecule has 0 spiro atoms. The molecular formula is C20H13F10NO2. The molecule has 2 amide bonds. The molecule has 0 heterocycles. The number of halogens is 10. The van der Waals surface area contributed by atoms with Crippen LogP contribution in [0.3, 0.4) is 0 Å². The maximum Gasteiger partial charge on any atom is 0.266 e. The van der Waals surface area contributed by atoms with Gasteiger partial charge in [-0.25, -0.2) is 43.9 Å². The maximum absolute atomic E-state index is 14.1. The van der Waals surface area contributed by atoms with Crippen LogP contribution in [-0.4, -0.2) is 23.3 Å². The Morgan fingerprint density at radius 1 is 0.515 bits per heavy atom. The first kappa shape index (κ1) is 26.1. The third-order valence-corrected chi connectivity index (χ3v) is 4.57. The standard InChI is InChI=1S/C20H13F10NO2/c1-2-3-4-5-6-31(19(32)7-9(21)13(25)17(29)14(26)10(7)22)20(33)8-11(23)15(27)18(30)16(28)12(8)24/h2-6H2,1H3. The number of rotatable bonds is 7. The van der Waals surface area contributed by atoms with E-state index in [1.165, 1.54) is 0 Å². The fourth-order valence-electron chi connectivity index (χ4n) is 2.85. The molecule has 0 saturated carbocycles. The fourth-order valence-corrected chi connectivity index (χ4v) is 2.85. The van der Waals surface area contributed by atoms with Gasteiger partial charge in [0.2, 0.25) is 11.6 Å². The zero-order valence-electron chi connectivity index (χ0n) is 16.6. The van der Waals surface area contributed by atoms with Crippen molar-refractivity contribution in [1.29, 1.82) is 0 Å². The molecule has 0 saturated heterocycles. The van der Waals surface area contributed by atoms with Crippen LogP contribution in [0.2, 0.25) is 0 Å². The molecule has 0 fully saturated rings. The quantitative estimate of drug-likeness (QED) is 0.159. The van der Waals surface area contributed by atoms with Gasteiger partial charge in [0.05, 0.1) is 0 Å². The van der Waals surface area contributed by atoms with Crippen LogP contribution in [0.25, 0.3) is 0 Å². The summed E-state index contributed by atoms with van der Waals surface area (Å²) in [6, 6.07) is 0. The van der Waals surface area contributed by atoms with Gasteiger partial charge in [0.15, 0.2) is 46.5 Å². The molecule has 13 heteroatoms. The molecule has 2 aromatic carbocycles. The van der Waals surface area contributed by atoms with E-state index in [0.717, 1.165) is 0 Å². The highest BCUT2D eigenvalue weighted by Crippen LogP contribution is 2.28. The number of unbranched alkanes of at least 4 members (excludes halogenated alkanes) is 3. The highest BCUT2D eigenvalue weighted by Gasteiger charge is 2.38. The van der Waals surface area contributed by atoms with E-state index < -0.39 is 87.7 Å². The highest BCUT2D eigenvalue weighted by molar-refractivity contribution is 6.10. The molecule has 0 aliphatic carbocycles. The van der Waals surface area contributed by atoms with Crippen LogP contribution in [0.1, 0.15) is 53.3 Å². The van der Waals surface area contributed by atoms with Crippen LogP contribution in [-0.2, 0) is 0 Å². The lowest BCUT2D eigenvalue weighted by atomic mass is 10.1. The molecule has 0 unspecified atom stereocenters. The molecule has 33 heavy (non-hydrogen) atoms. The lowest BCUT2D eigenvalue weighted by molar-refractivity contribution is 0.0598. The molecule has 0 radical (unpaired) electrons. The second-order valence-corrected chi connectivity index (χ2v) is 6.71. The predicted molar refractivity (Wildman–Crippen MR) is 92.0 cm³/mol. The zero-order chi connectivity index (χ0) is 25.2. The lowest BCUT2D eigenvalue weighted by Crippen LogP contribution is -2.40. The van der Waals surface area contributed by atoms with Crippen molar-refractivity contribution in [2.45, 2.75) is 32.6 Å². The van der Waals surface area contributed by atoms with Crippen molar-refractivity contribution in [3.05, 3.63) is 69.3 Å². The second-order valence-electron chi connectivity index (χ2n) is 6.71. The molecule has 2 aromatic rings. The summed E-state index contributed by atoms with van der Waals surface area (Å²) in [6.45, 7) is 0.842. The van der Waals surface area contributed by atoms with Crippen LogP contribution in [0.4, 0.5) is 43.9 Å². The molecule has 2 rings (SSSR count). The van der Waals surface area contributed by atoms with Crippen molar-refractivity contribution < 1.29 is 53.5 Å². The van der Waals surface area contributed by atoms with Gasteiger partial charge < -0.3 is 0 Å². The average molecular weight is 489 g/mol. The number of nitrogens with zero attached hydrogens (tertiary/aromatic N) is 1. The number of imide groups is 1. The highest BCUT2D eigenvalue weighted by atomic mass is 19.2. The fraction of sp³-hybridized carbons (Fsp3) is 0.300. The number of hydrogen-bond donors (Lipinski definition) is 0. The van der Waals surface area contributed by atoms with Gasteiger partial charge in [-0.3, -0.25) is 14.5 Å². The third kappa shape index (κ3) is 4.67. The van der Waals surface area contributed by atoms with E-state index in [4.69, 9.17) is 0 Å². The molecular weight excluding hydrogens is 476 g/mol. The van der Waals surface area contributed by atoms with Crippen molar-refractivity contribution >= 4 is 11.8 Å². The SMILES string of the molecule is CCCCCCN(C(=O)c1c(F)c(F)c(F)c(F)c1F)C(=O)c1c(F)c(F)c(F)c(F)c1F. The zero-order valence-corrected chi connectivity index (χ0v) is 16.6. The maximum atomic E-state index is 14.1. The van der Waals surface area contributed by atoms with Crippen molar-refractivity contribution in [2.75, 3.05) is 6.54 Å². The minimum Gasteiger partial charge on any atom is -0.274 e. The Labute approximate surface area is 179 Å². The molecule has 0 aromatic heterocycles. The van der Waals surface area contributed by atoms with Gasteiger partial charge in [-0.2, -0.15) is 0 Å².